The highest BCUT2D eigenvalue weighted by molar-refractivity contribution is 6.26. The molecular weight excluding hydrogens is 468 g/mol. The summed E-state index contributed by atoms with van der Waals surface area (Å²) in [4.78, 5) is 39.9. The van der Waals surface area contributed by atoms with Crippen LogP contribution in [0.2, 0.25) is 0 Å². The van der Waals surface area contributed by atoms with E-state index in [-0.39, 0.29) is 23.2 Å². The van der Waals surface area contributed by atoms with Crippen LogP contribution in [-0.2, 0) is 0 Å². The Bertz CT molecular complexity index is 1590. The smallest absolute Gasteiger partial charge is 0.269 e. The Morgan fingerprint density at radius 3 is 1.92 bits per heavy atom. The Kier molecular flexibility index (Phi) is 6.72. The van der Waals surface area contributed by atoms with E-state index in [0.29, 0.717) is 31.5 Å². The number of hydrogen-bond donors (Lipinski definition) is 6. The molecule has 37 heavy (non-hydrogen) atoms. The molecule has 0 saturated heterocycles. The quantitative estimate of drug-likeness (QED) is 0.105. The summed E-state index contributed by atoms with van der Waals surface area (Å²) in [5, 5.41) is 14.8. The standard InChI is InChI=1S/C28H28N6O3/c29-28(30)34-27(37)22-13-12-21(33-22)26(36)32-15-2-1-14-31-25(35)20-11-9-18-7-6-16-4-3-5-17-8-10-19(20)24(18)23(16)17/h3-13,28,33H,1-2,14-15,29-30H2,(H,31,35)(H,32,36)(H,34,37). The fraction of sp³-hybridized carbons (Fsp3) is 0.179. The van der Waals surface area contributed by atoms with Crippen molar-refractivity contribution >= 4 is 50.0 Å². The van der Waals surface area contributed by atoms with Gasteiger partial charge in [-0.3, -0.25) is 25.9 Å². The largest absolute Gasteiger partial charge is 0.352 e. The van der Waals surface area contributed by atoms with Gasteiger partial charge < -0.3 is 20.9 Å². The van der Waals surface area contributed by atoms with Crippen molar-refractivity contribution in [1.29, 1.82) is 0 Å². The third kappa shape index (κ3) is 4.95. The number of rotatable bonds is 9. The molecule has 0 aliphatic rings. The van der Waals surface area contributed by atoms with E-state index in [1.54, 1.807) is 0 Å². The van der Waals surface area contributed by atoms with Crippen molar-refractivity contribution < 1.29 is 14.4 Å². The average molecular weight is 497 g/mol. The Balaban J connectivity index is 1.13. The fourth-order valence-electron chi connectivity index (χ4n) is 4.67. The van der Waals surface area contributed by atoms with Crippen LogP contribution in [0, 0.1) is 0 Å². The Morgan fingerprint density at radius 1 is 0.676 bits per heavy atom. The molecule has 0 aliphatic heterocycles. The molecule has 9 heteroatoms. The highest BCUT2D eigenvalue weighted by atomic mass is 16.2. The van der Waals surface area contributed by atoms with Crippen molar-refractivity contribution in [3.8, 4) is 0 Å². The number of hydrogen-bond acceptors (Lipinski definition) is 5. The van der Waals surface area contributed by atoms with Crippen molar-refractivity contribution in [2.75, 3.05) is 13.1 Å². The van der Waals surface area contributed by atoms with Gasteiger partial charge in [0.25, 0.3) is 17.7 Å². The van der Waals surface area contributed by atoms with Crippen LogP contribution in [-0.4, -0.2) is 42.1 Å². The van der Waals surface area contributed by atoms with Crippen LogP contribution in [0.25, 0.3) is 32.3 Å². The summed E-state index contributed by atoms with van der Waals surface area (Å²) in [5.74, 6) is -0.931. The van der Waals surface area contributed by atoms with Gasteiger partial charge in [-0.25, -0.2) is 0 Å². The first-order valence-corrected chi connectivity index (χ1v) is 12.2. The van der Waals surface area contributed by atoms with Crippen LogP contribution in [0.1, 0.15) is 44.2 Å². The van der Waals surface area contributed by atoms with E-state index in [4.69, 9.17) is 11.5 Å². The molecule has 1 heterocycles. The van der Waals surface area contributed by atoms with Gasteiger partial charge in [0.05, 0.1) is 0 Å². The van der Waals surface area contributed by atoms with Gasteiger partial charge in [0.2, 0.25) is 0 Å². The van der Waals surface area contributed by atoms with E-state index in [1.165, 1.54) is 17.5 Å². The molecule has 5 rings (SSSR count). The Hall–Kier alpha value is -4.47. The number of aromatic amines is 1. The Labute approximate surface area is 212 Å². The molecule has 188 valence electrons. The van der Waals surface area contributed by atoms with Crippen molar-refractivity contribution in [3.63, 3.8) is 0 Å². The van der Waals surface area contributed by atoms with Gasteiger partial charge in [-0.1, -0.05) is 48.5 Å². The third-order valence-electron chi connectivity index (χ3n) is 6.42. The molecule has 9 nitrogen and oxygen atoms in total. The second-order valence-corrected chi connectivity index (χ2v) is 8.97. The van der Waals surface area contributed by atoms with E-state index >= 15 is 0 Å². The van der Waals surface area contributed by atoms with Crippen LogP contribution in [0.5, 0.6) is 0 Å². The second-order valence-electron chi connectivity index (χ2n) is 8.97. The summed E-state index contributed by atoms with van der Waals surface area (Å²) in [5.41, 5.74) is 11.8. The van der Waals surface area contributed by atoms with Crippen molar-refractivity contribution in [2.45, 2.75) is 19.1 Å². The summed E-state index contributed by atoms with van der Waals surface area (Å²) in [6.45, 7) is 0.921. The minimum atomic E-state index is -0.984. The van der Waals surface area contributed by atoms with Crippen molar-refractivity contribution in [3.05, 3.63) is 83.7 Å². The van der Waals surface area contributed by atoms with Crippen LogP contribution in [0.3, 0.4) is 0 Å². The zero-order valence-electron chi connectivity index (χ0n) is 20.1. The average Bonchev–Trinajstić information content (AvgIpc) is 3.39. The number of nitrogens with one attached hydrogen (secondary N) is 4. The highest BCUT2D eigenvalue weighted by Crippen LogP contribution is 2.35. The maximum Gasteiger partial charge on any atom is 0.269 e. The number of amides is 3. The molecule has 8 N–H and O–H groups in total. The first-order chi connectivity index (χ1) is 17.9. The predicted molar refractivity (Wildman–Crippen MR) is 144 cm³/mol. The zero-order chi connectivity index (χ0) is 25.9. The number of H-pyrrole nitrogens is 1. The van der Waals surface area contributed by atoms with Crippen LogP contribution >= 0.6 is 0 Å². The van der Waals surface area contributed by atoms with Gasteiger partial charge in [0, 0.05) is 18.7 Å². The second kappa shape index (κ2) is 10.3. The summed E-state index contributed by atoms with van der Waals surface area (Å²) in [6, 6.07) is 21.4. The molecule has 4 aromatic carbocycles. The lowest BCUT2D eigenvalue weighted by atomic mass is 9.92. The predicted octanol–water partition coefficient (Wildman–Crippen LogP) is 2.78. The maximum absolute atomic E-state index is 13.0. The molecule has 0 saturated carbocycles. The van der Waals surface area contributed by atoms with Crippen LogP contribution in [0.15, 0.2) is 66.7 Å². The lowest BCUT2D eigenvalue weighted by Gasteiger charge is -2.14. The van der Waals surface area contributed by atoms with Gasteiger partial charge in [-0.05, 0) is 63.4 Å². The Morgan fingerprint density at radius 2 is 1.24 bits per heavy atom. The van der Waals surface area contributed by atoms with E-state index in [1.807, 2.05) is 24.3 Å². The topological polar surface area (TPSA) is 155 Å². The third-order valence-corrected chi connectivity index (χ3v) is 6.42. The molecule has 0 radical (unpaired) electrons. The monoisotopic (exact) mass is 496 g/mol. The van der Waals surface area contributed by atoms with E-state index in [2.05, 4.69) is 51.3 Å². The fourth-order valence-corrected chi connectivity index (χ4v) is 4.67. The summed E-state index contributed by atoms with van der Waals surface area (Å²) in [6.07, 6.45) is 0.396. The minimum absolute atomic E-state index is 0.114. The van der Waals surface area contributed by atoms with Gasteiger partial charge >= 0.3 is 0 Å². The molecule has 0 fully saturated rings. The number of unbranched alkanes of at least 4 members (excludes halogenated alkanes) is 1. The van der Waals surface area contributed by atoms with Crippen LogP contribution < -0.4 is 27.4 Å². The lowest BCUT2D eigenvalue weighted by molar-refractivity contribution is 0.0929. The molecule has 5 aromatic rings. The van der Waals surface area contributed by atoms with Crippen molar-refractivity contribution in [2.24, 2.45) is 11.5 Å². The summed E-state index contributed by atoms with van der Waals surface area (Å²) < 4.78 is 0. The number of carbonyl (C=O) groups is 3. The van der Waals surface area contributed by atoms with Crippen molar-refractivity contribution in [1.82, 2.24) is 20.9 Å². The molecule has 1 aromatic heterocycles. The minimum Gasteiger partial charge on any atom is -0.352 e. The normalized spacial score (nSPS) is 11.4. The zero-order valence-corrected chi connectivity index (χ0v) is 20.1. The molecule has 0 atom stereocenters. The number of nitrogens with two attached hydrogens (primary N) is 2. The van der Waals surface area contributed by atoms with E-state index in [9.17, 15) is 14.4 Å². The molecule has 3 amide bonds. The summed E-state index contributed by atoms with van der Waals surface area (Å²) >= 11 is 0. The van der Waals surface area contributed by atoms with Crippen LogP contribution in [0.4, 0.5) is 0 Å². The number of aromatic nitrogens is 1. The molecule has 0 bridgehead atoms. The lowest BCUT2D eigenvalue weighted by Crippen LogP contribution is -2.48. The van der Waals surface area contributed by atoms with Gasteiger partial charge in [-0.2, -0.15) is 0 Å². The SMILES string of the molecule is NC(N)NC(=O)c1ccc(C(=O)NCCCCNC(=O)c2ccc3ccc4cccc5ccc2c3c45)[nH]1. The molecule has 0 unspecified atom stereocenters. The highest BCUT2D eigenvalue weighted by Gasteiger charge is 2.15. The number of benzene rings is 4. The first kappa shape index (κ1) is 24.2. The van der Waals surface area contributed by atoms with E-state index < -0.39 is 12.2 Å². The molecular formula is C28H28N6O3. The van der Waals surface area contributed by atoms with Gasteiger partial charge in [0.1, 0.15) is 17.7 Å². The molecule has 0 spiro atoms. The van der Waals surface area contributed by atoms with Gasteiger partial charge in [0.15, 0.2) is 0 Å². The number of carbonyl (C=O) groups excluding carboxylic acids is 3. The molecule has 0 aliphatic carbocycles. The van der Waals surface area contributed by atoms with E-state index in [0.717, 1.165) is 26.9 Å². The van der Waals surface area contributed by atoms with Gasteiger partial charge in [-0.15, -0.1) is 0 Å². The first-order valence-electron chi connectivity index (χ1n) is 12.2. The maximum atomic E-state index is 13.0. The summed E-state index contributed by atoms with van der Waals surface area (Å²) in [7, 11) is 0.